The van der Waals surface area contributed by atoms with Gasteiger partial charge in [0.1, 0.15) is 5.69 Å². The van der Waals surface area contributed by atoms with Crippen LogP contribution in [0.5, 0.6) is 0 Å². The smallest absolute Gasteiger partial charge is 0.237 e. The zero-order chi connectivity index (χ0) is 21.7. The molecule has 6 heteroatoms. The maximum absolute atomic E-state index is 12.9. The number of amides is 1. The highest BCUT2D eigenvalue weighted by atomic mass is 16.4. The maximum atomic E-state index is 12.9. The standard InChI is InChI=1S/C24H27N3O3/c1-24(2,3)14-18(25)22(29)26-15-19(28)21-20(16-10-6-4-7-11-16)27-23(30-21)17-12-8-5-9-13-17/h4-13,18H,14-15,25H2,1-3H3,(H,26,29)/t18-/m0/s1. The summed E-state index contributed by atoms with van der Waals surface area (Å²) in [5.74, 6) is -0.250. The molecule has 1 aromatic heterocycles. The van der Waals surface area contributed by atoms with Gasteiger partial charge in [-0.05, 0) is 24.0 Å². The second-order valence-corrected chi connectivity index (χ2v) is 8.44. The molecule has 2 aromatic carbocycles. The number of ketones is 1. The highest BCUT2D eigenvalue weighted by molar-refractivity contribution is 6.02. The fourth-order valence-electron chi connectivity index (χ4n) is 3.14. The van der Waals surface area contributed by atoms with Gasteiger partial charge in [0.15, 0.2) is 0 Å². The third kappa shape index (κ3) is 5.42. The molecule has 0 spiro atoms. The summed E-state index contributed by atoms with van der Waals surface area (Å²) in [4.78, 5) is 29.8. The Hall–Kier alpha value is -3.25. The monoisotopic (exact) mass is 405 g/mol. The van der Waals surface area contributed by atoms with Crippen LogP contribution in [0.2, 0.25) is 0 Å². The first kappa shape index (κ1) is 21.5. The van der Waals surface area contributed by atoms with Gasteiger partial charge in [-0.3, -0.25) is 9.59 Å². The number of hydrogen-bond donors (Lipinski definition) is 2. The van der Waals surface area contributed by atoms with E-state index in [1.165, 1.54) is 0 Å². The summed E-state index contributed by atoms with van der Waals surface area (Å²) >= 11 is 0. The maximum Gasteiger partial charge on any atom is 0.237 e. The van der Waals surface area contributed by atoms with Gasteiger partial charge < -0.3 is 15.5 Å². The van der Waals surface area contributed by atoms with Gasteiger partial charge in [-0.25, -0.2) is 4.98 Å². The fraction of sp³-hybridized carbons (Fsp3) is 0.292. The molecule has 0 radical (unpaired) electrons. The summed E-state index contributed by atoms with van der Waals surface area (Å²) in [6, 6.07) is 18.0. The van der Waals surface area contributed by atoms with Gasteiger partial charge in [0, 0.05) is 11.1 Å². The Morgan fingerprint density at radius 1 is 1.00 bits per heavy atom. The van der Waals surface area contributed by atoms with Crippen molar-refractivity contribution in [3.05, 3.63) is 66.4 Å². The second-order valence-electron chi connectivity index (χ2n) is 8.44. The molecule has 1 amide bonds. The topological polar surface area (TPSA) is 98.2 Å². The summed E-state index contributed by atoms with van der Waals surface area (Å²) in [5, 5.41) is 2.63. The van der Waals surface area contributed by atoms with Gasteiger partial charge >= 0.3 is 0 Å². The molecule has 0 saturated heterocycles. The zero-order valence-electron chi connectivity index (χ0n) is 17.5. The average Bonchev–Trinajstić information content (AvgIpc) is 3.17. The van der Waals surface area contributed by atoms with Gasteiger partial charge in [-0.1, -0.05) is 69.3 Å². The van der Waals surface area contributed by atoms with E-state index in [9.17, 15) is 9.59 Å². The number of oxazole rings is 1. The van der Waals surface area contributed by atoms with Crippen molar-refractivity contribution < 1.29 is 14.0 Å². The lowest BCUT2D eigenvalue weighted by atomic mass is 9.88. The van der Waals surface area contributed by atoms with Crippen LogP contribution >= 0.6 is 0 Å². The Labute approximate surface area is 176 Å². The molecular formula is C24H27N3O3. The number of nitrogens with one attached hydrogen (secondary N) is 1. The second kappa shape index (κ2) is 9.05. The number of Topliss-reactive ketones (excluding diaryl/α,β-unsaturated/α-hetero) is 1. The molecule has 0 aliphatic rings. The molecule has 0 fully saturated rings. The molecule has 1 heterocycles. The Balaban J connectivity index is 1.82. The summed E-state index contributed by atoms with van der Waals surface area (Å²) in [6.07, 6.45) is 0.517. The summed E-state index contributed by atoms with van der Waals surface area (Å²) in [6.45, 7) is 5.82. The van der Waals surface area contributed by atoms with Crippen molar-refractivity contribution in [2.75, 3.05) is 6.54 Å². The van der Waals surface area contributed by atoms with E-state index in [2.05, 4.69) is 10.3 Å². The van der Waals surface area contributed by atoms with Crippen molar-refractivity contribution >= 4 is 11.7 Å². The quantitative estimate of drug-likeness (QED) is 0.577. The zero-order valence-corrected chi connectivity index (χ0v) is 17.5. The first-order valence-electron chi connectivity index (χ1n) is 9.93. The van der Waals surface area contributed by atoms with Gasteiger partial charge in [0.2, 0.25) is 23.3 Å². The number of aromatic nitrogens is 1. The van der Waals surface area contributed by atoms with Crippen LogP contribution in [0.15, 0.2) is 65.1 Å². The number of carbonyl (C=O) groups excluding carboxylic acids is 2. The molecule has 6 nitrogen and oxygen atoms in total. The van der Waals surface area contributed by atoms with Gasteiger partial charge in [-0.2, -0.15) is 0 Å². The molecule has 3 aromatic rings. The van der Waals surface area contributed by atoms with Crippen LogP contribution in [0.4, 0.5) is 0 Å². The molecule has 3 rings (SSSR count). The van der Waals surface area contributed by atoms with Gasteiger partial charge in [0.05, 0.1) is 12.6 Å². The lowest BCUT2D eigenvalue weighted by Crippen LogP contribution is -2.44. The van der Waals surface area contributed by atoms with Crippen molar-refractivity contribution in [2.24, 2.45) is 11.1 Å². The Bertz CT molecular complexity index is 1010. The molecule has 0 aliphatic heterocycles. The third-order valence-corrected chi connectivity index (χ3v) is 4.54. The molecule has 3 N–H and O–H groups in total. The highest BCUT2D eigenvalue weighted by Crippen LogP contribution is 2.29. The van der Waals surface area contributed by atoms with E-state index >= 15 is 0 Å². The predicted octanol–water partition coefficient (Wildman–Crippen LogP) is 4.07. The molecule has 156 valence electrons. The minimum atomic E-state index is -0.680. The van der Waals surface area contributed by atoms with Crippen molar-refractivity contribution in [3.8, 4) is 22.7 Å². The molecular weight excluding hydrogens is 378 g/mol. The molecule has 0 unspecified atom stereocenters. The molecule has 0 bridgehead atoms. The number of carbonyl (C=O) groups is 2. The van der Waals surface area contributed by atoms with Crippen LogP contribution in [-0.4, -0.2) is 29.3 Å². The Morgan fingerprint density at radius 2 is 1.57 bits per heavy atom. The van der Waals surface area contributed by atoms with Crippen LogP contribution in [0.3, 0.4) is 0 Å². The summed E-state index contributed by atoms with van der Waals surface area (Å²) in [7, 11) is 0. The molecule has 1 atom stereocenters. The summed E-state index contributed by atoms with van der Waals surface area (Å²) < 4.78 is 5.85. The first-order valence-corrected chi connectivity index (χ1v) is 9.93. The predicted molar refractivity (Wildman–Crippen MR) is 117 cm³/mol. The SMILES string of the molecule is CC(C)(C)C[C@H](N)C(=O)NCC(=O)c1oc(-c2ccccc2)nc1-c1ccccc1. The van der Waals surface area contributed by atoms with E-state index in [4.69, 9.17) is 10.2 Å². The van der Waals surface area contributed by atoms with Crippen molar-refractivity contribution in [1.82, 2.24) is 10.3 Å². The number of benzene rings is 2. The van der Waals surface area contributed by atoms with E-state index in [-0.39, 0.29) is 29.4 Å². The van der Waals surface area contributed by atoms with Crippen LogP contribution in [0, 0.1) is 5.41 Å². The molecule has 30 heavy (non-hydrogen) atoms. The number of rotatable bonds is 7. The summed E-state index contributed by atoms with van der Waals surface area (Å²) in [5.41, 5.74) is 7.87. The largest absolute Gasteiger partial charge is 0.432 e. The highest BCUT2D eigenvalue weighted by Gasteiger charge is 2.25. The number of nitrogens with two attached hydrogens (primary N) is 1. The normalized spacial score (nSPS) is 12.4. The lowest BCUT2D eigenvalue weighted by molar-refractivity contribution is -0.122. The van der Waals surface area contributed by atoms with E-state index in [0.29, 0.717) is 18.0 Å². The third-order valence-electron chi connectivity index (χ3n) is 4.54. The van der Waals surface area contributed by atoms with Crippen LogP contribution in [-0.2, 0) is 4.79 Å². The Kier molecular flexibility index (Phi) is 6.47. The van der Waals surface area contributed by atoms with Crippen molar-refractivity contribution in [3.63, 3.8) is 0 Å². The first-order chi connectivity index (χ1) is 14.2. The van der Waals surface area contributed by atoms with Gasteiger partial charge in [0.25, 0.3) is 0 Å². The average molecular weight is 405 g/mol. The Morgan fingerprint density at radius 3 is 2.13 bits per heavy atom. The van der Waals surface area contributed by atoms with E-state index < -0.39 is 6.04 Å². The van der Waals surface area contributed by atoms with E-state index in [1.54, 1.807) is 0 Å². The minimum Gasteiger partial charge on any atom is -0.432 e. The van der Waals surface area contributed by atoms with Crippen LogP contribution in [0.25, 0.3) is 22.7 Å². The minimum absolute atomic E-state index is 0.0865. The van der Waals surface area contributed by atoms with Crippen molar-refractivity contribution in [1.29, 1.82) is 0 Å². The lowest BCUT2D eigenvalue weighted by Gasteiger charge is -2.22. The fourth-order valence-corrected chi connectivity index (χ4v) is 3.14. The van der Waals surface area contributed by atoms with Gasteiger partial charge in [-0.15, -0.1) is 0 Å². The van der Waals surface area contributed by atoms with Crippen molar-refractivity contribution in [2.45, 2.75) is 33.2 Å². The molecule has 0 saturated carbocycles. The van der Waals surface area contributed by atoms with Crippen LogP contribution < -0.4 is 11.1 Å². The number of hydrogen-bond acceptors (Lipinski definition) is 5. The van der Waals surface area contributed by atoms with Crippen LogP contribution in [0.1, 0.15) is 37.7 Å². The van der Waals surface area contributed by atoms with E-state index in [1.807, 2.05) is 81.4 Å². The van der Waals surface area contributed by atoms with E-state index in [0.717, 1.165) is 11.1 Å². The molecule has 0 aliphatic carbocycles. The number of nitrogens with zero attached hydrogens (tertiary/aromatic N) is 1.